The molecule has 0 spiro atoms. The highest BCUT2D eigenvalue weighted by Crippen LogP contribution is 2.54. The van der Waals surface area contributed by atoms with Crippen LogP contribution in [0.1, 0.15) is 55.7 Å². The molecule has 44 heavy (non-hydrogen) atoms. The maximum atomic E-state index is 14.1. The van der Waals surface area contributed by atoms with Crippen molar-refractivity contribution in [3.8, 4) is 5.75 Å². The van der Waals surface area contributed by atoms with Crippen LogP contribution in [0.4, 0.5) is 10.5 Å². The molecule has 0 radical (unpaired) electrons. The first-order valence-electron chi connectivity index (χ1n) is 14.8. The van der Waals surface area contributed by atoms with Crippen molar-refractivity contribution in [2.24, 2.45) is 17.6 Å². The van der Waals surface area contributed by atoms with E-state index in [2.05, 4.69) is 12.2 Å². The van der Waals surface area contributed by atoms with Gasteiger partial charge in [0.05, 0.1) is 18.2 Å². The van der Waals surface area contributed by atoms with Crippen molar-refractivity contribution in [3.63, 3.8) is 0 Å². The summed E-state index contributed by atoms with van der Waals surface area (Å²) in [6.45, 7) is 2.19. The minimum atomic E-state index is -2.72. The number of aromatic hydroxyl groups is 1. The number of unbranched alkanes of at least 4 members (excludes halogenated alkanes) is 3. The van der Waals surface area contributed by atoms with E-state index in [4.69, 9.17) is 10.5 Å². The quantitative estimate of drug-likeness (QED) is 0.166. The van der Waals surface area contributed by atoms with Gasteiger partial charge in [-0.1, -0.05) is 26.2 Å². The van der Waals surface area contributed by atoms with Crippen molar-refractivity contribution in [2.75, 3.05) is 39.7 Å². The number of ether oxygens (including phenoxy) is 1. The molecule has 13 heteroatoms. The van der Waals surface area contributed by atoms with E-state index in [1.54, 1.807) is 39.2 Å². The first-order valence-corrected chi connectivity index (χ1v) is 14.8. The standard InChI is InChI=1S/C31H42N4O9/c1-6-7-8-9-10-44-30(42)33-14-16-13-19(34(2)3)17-11-15-12-18-23(35(4)5)26(38)22(29(32)41)28(40)31(18,43)27(39)20(15)25(37)21(17)24(16)36/h13,15,18,23,36-37,40,43H,6-12,14H2,1-5H3,(H2,32,41)(H,33,42)/t15-,18-,23-,31-/m0/s1. The molecule has 1 aromatic rings. The first kappa shape index (κ1) is 32.8. The average molecular weight is 615 g/mol. The number of nitrogens with zero attached hydrogens (tertiary/aromatic N) is 2. The highest BCUT2D eigenvalue weighted by atomic mass is 16.5. The van der Waals surface area contributed by atoms with Gasteiger partial charge in [-0.3, -0.25) is 19.3 Å². The number of ketones is 2. The minimum absolute atomic E-state index is 0.00715. The second-order valence-corrected chi connectivity index (χ2v) is 12.2. The summed E-state index contributed by atoms with van der Waals surface area (Å²) in [6.07, 6.45) is 3.24. The van der Waals surface area contributed by atoms with Crippen molar-refractivity contribution in [1.29, 1.82) is 0 Å². The van der Waals surface area contributed by atoms with Crippen molar-refractivity contribution >= 4 is 35.0 Å². The number of likely N-dealkylation sites (N-methyl/N-ethyl adjacent to an activating group) is 1. The number of carbonyl (C=O) groups is 4. The number of nitrogens with two attached hydrogens (primary N) is 1. The number of alkyl carbamates (subject to hydrolysis) is 1. The number of carbonyl (C=O) groups excluding carboxylic acids is 4. The molecule has 4 atom stereocenters. The molecule has 1 aromatic carbocycles. The Morgan fingerprint density at radius 3 is 2.39 bits per heavy atom. The molecule has 4 rings (SSSR count). The predicted octanol–water partition coefficient (Wildman–Crippen LogP) is 1.84. The van der Waals surface area contributed by atoms with Gasteiger partial charge in [-0.2, -0.15) is 0 Å². The zero-order valence-electron chi connectivity index (χ0n) is 25.8. The Hall–Kier alpha value is -4.10. The molecular formula is C31H42N4O9. The van der Waals surface area contributed by atoms with E-state index in [0.717, 1.165) is 25.7 Å². The molecule has 3 aliphatic rings. The van der Waals surface area contributed by atoms with Gasteiger partial charge < -0.3 is 41.1 Å². The third-order valence-corrected chi connectivity index (χ3v) is 8.91. The summed E-state index contributed by atoms with van der Waals surface area (Å²) in [7, 11) is 6.64. The third-order valence-electron chi connectivity index (χ3n) is 8.91. The van der Waals surface area contributed by atoms with Crippen LogP contribution in [0.25, 0.3) is 5.76 Å². The molecule has 2 amide bonds. The number of benzene rings is 1. The smallest absolute Gasteiger partial charge is 0.407 e. The molecular weight excluding hydrogens is 572 g/mol. The number of aliphatic hydroxyl groups excluding tert-OH is 2. The number of fused-ring (bicyclic) bond motifs is 3. The molecule has 240 valence electrons. The SMILES string of the molecule is CCCCCCOC(=O)NCc1cc(N(C)C)c2c(c1O)C(O)=C1C(=O)[C@]3(O)C(O)=C(C(N)=O)C(=O)[C@@H](N(C)C)[C@@H]3C[C@@H]1C2. The molecule has 13 nitrogen and oxygen atoms in total. The maximum absolute atomic E-state index is 14.1. The second-order valence-electron chi connectivity index (χ2n) is 12.2. The van der Waals surface area contributed by atoms with Crippen LogP contribution in [-0.2, 0) is 32.1 Å². The summed E-state index contributed by atoms with van der Waals surface area (Å²) in [5, 5.41) is 48.3. The number of aliphatic hydroxyl groups is 3. The average Bonchev–Trinajstić information content (AvgIpc) is 2.93. The monoisotopic (exact) mass is 614 g/mol. The summed E-state index contributed by atoms with van der Waals surface area (Å²) in [5.41, 5.74) is 2.90. The van der Waals surface area contributed by atoms with Crippen LogP contribution >= 0.6 is 0 Å². The molecule has 3 aliphatic carbocycles. The van der Waals surface area contributed by atoms with E-state index in [1.165, 1.54) is 4.90 Å². The van der Waals surface area contributed by atoms with E-state index >= 15 is 0 Å². The van der Waals surface area contributed by atoms with Crippen molar-refractivity contribution in [2.45, 2.75) is 63.6 Å². The summed E-state index contributed by atoms with van der Waals surface area (Å²) in [4.78, 5) is 55.0. The number of Topliss-reactive ketones (excluding diaryl/α,β-unsaturated/α-hetero) is 2. The third kappa shape index (κ3) is 5.38. The predicted molar refractivity (Wildman–Crippen MR) is 161 cm³/mol. The van der Waals surface area contributed by atoms with E-state index in [0.29, 0.717) is 11.3 Å². The topological polar surface area (TPSA) is 203 Å². The van der Waals surface area contributed by atoms with Gasteiger partial charge in [-0.05, 0) is 50.9 Å². The van der Waals surface area contributed by atoms with E-state index in [9.17, 15) is 39.6 Å². The minimum Gasteiger partial charge on any atom is -0.508 e. The van der Waals surface area contributed by atoms with Gasteiger partial charge in [-0.25, -0.2) is 4.79 Å². The van der Waals surface area contributed by atoms with Gasteiger partial charge in [0.15, 0.2) is 11.4 Å². The number of anilines is 1. The zero-order valence-corrected chi connectivity index (χ0v) is 25.8. The van der Waals surface area contributed by atoms with Crippen LogP contribution in [0, 0.1) is 11.8 Å². The van der Waals surface area contributed by atoms with Crippen LogP contribution in [0.3, 0.4) is 0 Å². The van der Waals surface area contributed by atoms with Crippen molar-refractivity contribution < 1.29 is 44.3 Å². The first-order chi connectivity index (χ1) is 20.7. The van der Waals surface area contributed by atoms with Crippen LogP contribution in [0.2, 0.25) is 0 Å². The van der Waals surface area contributed by atoms with E-state index in [-0.39, 0.29) is 48.4 Å². The molecule has 0 aliphatic heterocycles. The molecule has 1 saturated carbocycles. The Morgan fingerprint density at radius 1 is 1.11 bits per heavy atom. The second kappa shape index (κ2) is 12.5. The molecule has 7 N–H and O–H groups in total. The lowest BCUT2D eigenvalue weighted by Crippen LogP contribution is -2.65. The largest absolute Gasteiger partial charge is 0.508 e. The fourth-order valence-corrected chi connectivity index (χ4v) is 6.79. The van der Waals surface area contributed by atoms with Crippen LogP contribution < -0.4 is 16.0 Å². The number of nitrogens with one attached hydrogen (secondary N) is 1. The Balaban J connectivity index is 1.76. The van der Waals surface area contributed by atoms with Crippen LogP contribution in [-0.4, -0.2) is 95.3 Å². The number of phenolic OH excluding ortho intramolecular Hbond substituents is 1. The Morgan fingerprint density at radius 2 is 1.80 bits per heavy atom. The van der Waals surface area contributed by atoms with Gasteiger partial charge in [0, 0.05) is 43.4 Å². The van der Waals surface area contributed by atoms with Crippen molar-refractivity contribution in [3.05, 3.63) is 39.7 Å². The number of rotatable bonds is 10. The summed E-state index contributed by atoms with van der Waals surface area (Å²) in [6, 6.07) is 0.518. The fourth-order valence-electron chi connectivity index (χ4n) is 6.79. The lowest BCUT2D eigenvalue weighted by atomic mass is 9.57. The highest BCUT2D eigenvalue weighted by Gasteiger charge is 2.64. The Bertz CT molecular complexity index is 1450. The highest BCUT2D eigenvalue weighted by molar-refractivity contribution is 6.24. The molecule has 0 unspecified atom stereocenters. The van der Waals surface area contributed by atoms with Gasteiger partial charge in [-0.15, -0.1) is 0 Å². The van der Waals surface area contributed by atoms with E-state index < -0.39 is 64.1 Å². The number of hydrogen-bond acceptors (Lipinski definition) is 11. The fraction of sp³-hybridized carbons (Fsp3) is 0.548. The summed E-state index contributed by atoms with van der Waals surface area (Å²) >= 11 is 0. The molecule has 0 aromatic heterocycles. The van der Waals surface area contributed by atoms with Crippen LogP contribution in [0.5, 0.6) is 5.75 Å². The Labute approximate surface area is 256 Å². The molecule has 1 fully saturated rings. The molecule has 0 saturated heterocycles. The summed E-state index contributed by atoms with van der Waals surface area (Å²) in [5.74, 6) is -7.14. The number of phenols is 1. The van der Waals surface area contributed by atoms with Gasteiger partial charge in [0.25, 0.3) is 5.91 Å². The maximum Gasteiger partial charge on any atom is 0.407 e. The van der Waals surface area contributed by atoms with Gasteiger partial charge in [0.2, 0.25) is 5.78 Å². The Kier molecular flexibility index (Phi) is 9.31. The van der Waals surface area contributed by atoms with Gasteiger partial charge >= 0.3 is 6.09 Å². The van der Waals surface area contributed by atoms with Gasteiger partial charge in [0.1, 0.15) is 22.8 Å². The zero-order chi connectivity index (χ0) is 32.7. The lowest BCUT2D eigenvalue weighted by molar-refractivity contribution is -0.153. The van der Waals surface area contributed by atoms with Crippen LogP contribution in [0.15, 0.2) is 23.0 Å². The molecule has 0 heterocycles. The van der Waals surface area contributed by atoms with Crippen molar-refractivity contribution in [1.82, 2.24) is 10.2 Å². The number of hydrogen-bond donors (Lipinski definition) is 6. The summed E-state index contributed by atoms with van der Waals surface area (Å²) < 4.78 is 5.21. The number of primary amides is 1. The lowest BCUT2D eigenvalue weighted by Gasteiger charge is -2.50. The number of amides is 2. The normalized spacial score (nSPS) is 24.6. The molecule has 0 bridgehead atoms. The van der Waals surface area contributed by atoms with E-state index in [1.807, 2.05) is 0 Å².